The molecule has 4 rings (SSSR count). The lowest BCUT2D eigenvalue weighted by molar-refractivity contribution is 0.0724. The molecular weight excluding hydrogens is 332 g/mol. The standard InChI is InChI=1S/C21H23ClN2O/c22-11-6-14-24-19-8-3-2-7-17(19)18-15-16(9-10-20(18)24)21(25)23-12-4-1-5-13-23/h2-3,7-10,15H,1,4-6,11-14H2. The van der Waals surface area contributed by atoms with E-state index >= 15 is 0 Å². The largest absolute Gasteiger partial charge is 0.340 e. The highest BCUT2D eigenvalue weighted by molar-refractivity contribution is 6.17. The molecule has 0 saturated carbocycles. The van der Waals surface area contributed by atoms with Crippen LogP contribution in [0.1, 0.15) is 36.0 Å². The Bertz CT molecular complexity index is 909. The van der Waals surface area contributed by atoms with Crippen molar-refractivity contribution < 1.29 is 4.79 Å². The van der Waals surface area contributed by atoms with Crippen molar-refractivity contribution in [2.24, 2.45) is 0 Å². The van der Waals surface area contributed by atoms with Crippen molar-refractivity contribution >= 4 is 39.3 Å². The molecule has 1 fully saturated rings. The number of likely N-dealkylation sites (tertiary alicyclic amines) is 1. The van der Waals surface area contributed by atoms with E-state index in [4.69, 9.17) is 11.6 Å². The minimum absolute atomic E-state index is 0.166. The average molecular weight is 355 g/mol. The molecule has 1 aliphatic heterocycles. The Kier molecular flexibility index (Phi) is 4.67. The number of fused-ring (bicyclic) bond motifs is 3. The van der Waals surface area contributed by atoms with Crippen LogP contribution in [-0.4, -0.2) is 34.3 Å². The topological polar surface area (TPSA) is 25.2 Å². The third-order valence-electron chi connectivity index (χ3n) is 5.18. The van der Waals surface area contributed by atoms with E-state index in [1.165, 1.54) is 22.8 Å². The summed E-state index contributed by atoms with van der Waals surface area (Å²) < 4.78 is 2.32. The molecule has 2 aromatic carbocycles. The van der Waals surface area contributed by atoms with Gasteiger partial charge in [-0.25, -0.2) is 0 Å². The predicted octanol–water partition coefficient (Wildman–Crippen LogP) is 5.05. The second kappa shape index (κ2) is 7.09. The number of piperidine rings is 1. The van der Waals surface area contributed by atoms with Gasteiger partial charge in [0.1, 0.15) is 0 Å². The number of aromatic nitrogens is 1. The zero-order valence-corrected chi connectivity index (χ0v) is 15.1. The first-order chi connectivity index (χ1) is 12.3. The summed E-state index contributed by atoms with van der Waals surface area (Å²) in [6.07, 6.45) is 4.40. The Balaban J connectivity index is 1.79. The van der Waals surface area contributed by atoms with Crippen molar-refractivity contribution in [2.45, 2.75) is 32.2 Å². The summed E-state index contributed by atoms with van der Waals surface area (Å²) in [6.45, 7) is 2.66. The molecule has 0 aliphatic carbocycles. The number of alkyl halides is 1. The minimum Gasteiger partial charge on any atom is -0.340 e. The molecule has 1 amide bonds. The lowest BCUT2D eigenvalue weighted by Crippen LogP contribution is -2.35. The number of hydrogen-bond donors (Lipinski definition) is 0. The maximum atomic E-state index is 12.9. The SMILES string of the molecule is O=C(c1ccc2c(c1)c1ccccc1n2CCCCl)N1CCCCC1. The summed E-state index contributed by atoms with van der Waals surface area (Å²) in [5.41, 5.74) is 3.20. The van der Waals surface area contributed by atoms with Crippen molar-refractivity contribution in [3.05, 3.63) is 48.0 Å². The quantitative estimate of drug-likeness (QED) is 0.602. The van der Waals surface area contributed by atoms with Gasteiger partial charge in [-0.15, -0.1) is 11.6 Å². The molecule has 2 heterocycles. The fourth-order valence-corrected chi connectivity index (χ4v) is 4.04. The van der Waals surface area contributed by atoms with Crippen LogP contribution in [-0.2, 0) is 6.54 Å². The van der Waals surface area contributed by atoms with Crippen molar-refractivity contribution in [3.63, 3.8) is 0 Å². The first-order valence-corrected chi connectivity index (χ1v) is 9.69. The van der Waals surface area contributed by atoms with E-state index in [0.29, 0.717) is 5.88 Å². The number of amides is 1. The Morgan fingerprint density at radius 3 is 2.52 bits per heavy atom. The van der Waals surface area contributed by atoms with Gasteiger partial charge in [-0.05, 0) is 49.9 Å². The van der Waals surface area contributed by atoms with E-state index in [9.17, 15) is 4.79 Å². The van der Waals surface area contributed by atoms with Gasteiger partial charge in [-0.1, -0.05) is 18.2 Å². The van der Waals surface area contributed by atoms with Crippen LogP contribution in [0.2, 0.25) is 0 Å². The fraction of sp³-hybridized carbons (Fsp3) is 0.381. The third kappa shape index (κ3) is 3.02. The minimum atomic E-state index is 0.166. The molecule has 1 aromatic heterocycles. The molecule has 1 saturated heterocycles. The highest BCUT2D eigenvalue weighted by Crippen LogP contribution is 2.30. The number of carbonyl (C=O) groups is 1. The molecule has 0 bridgehead atoms. The summed E-state index contributed by atoms with van der Waals surface area (Å²) in [6, 6.07) is 14.6. The van der Waals surface area contributed by atoms with E-state index in [1.54, 1.807) is 0 Å². The monoisotopic (exact) mass is 354 g/mol. The van der Waals surface area contributed by atoms with Crippen LogP contribution in [0.15, 0.2) is 42.5 Å². The first kappa shape index (κ1) is 16.5. The van der Waals surface area contributed by atoms with Crippen molar-refractivity contribution in [2.75, 3.05) is 19.0 Å². The number of hydrogen-bond acceptors (Lipinski definition) is 1. The Morgan fingerprint density at radius 2 is 1.72 bits per heavy atom. The number of carbonyl (C=O) groups excluding carboxylic acids is 1. The zero-order valence-electron chi connectivity index (χ0n) is 14.4. The summed E-state index contributed by atoms with van der Waals surface area (Å²) >= 11 is 5.91. The summed E-state index contributed by atoms with van der Waals surface area (Å²) in [5, 5.41) is 2.37. The number of halogens is 1. The van der Waals surface area contributed by atoms with Gasteiger partial charge < -0.3 is 9.47 Å². The van der Waals surface area contributed by atoms with E-state index < -0.39 is 0 Å². The highest BCUT2D eigenvalue weighted by atomic mass is 35.5. The number of rotatable bonds is 4. The fourth-order valence-electron chi connectivity index (χ4n) is 3.93. The number of aryl methyl sites for hydroxylation is 1. The van der Waals surface area contributed by atoms with Crippen LogP contribution >= 0.6 is 11.6 Å². The second-order valence-electron chi connectivity index (χ2n) is 6.80. The number of benzene rings is 2. The molecule has 0 spiro atoms. The molecule has 3 nitrogen and oxygen atoms in total. The molecular formula is C21H23ClN2O. The van der Waals surface area contributed by atoms with E-state index in [2.05, 4.69) is 41.0 Å². The smallest absolute Gasteiger partial charge is 0.253 e. The molecule has 130 valence electrons. The maximum Gasteiger partial charge on any atom is 0.253 e. The summed E-state index contributed by atoms with van der Waals surface area (Å²) in [4.78, 5) is 14.9. The van der Waals surface area contributed by atoms with E-state index in [0.717, 1.165) is 49.8 Å². The predicted molar refractivity (Wildman–Crippen MR) is 105 cm³/mol. The molecule has 0 N–H and O–H groups in total. The summed E-state index contributed by atoms with van der Waals surface area (Å²) in [5.74, 6) is 0.818. The molecule has 0 radical (unpaired) electrons. The highest BCUT2D eigenvalue weighted by Gasteiger charge is 2.19. The van der Waals surface area contributed by atoms with Gasteiger partial charge in [0.25, 0.3) is 5.91 Å². The van der Waals surface area contributed by atoms with Crippen molar-refractivity contribution in [3.8, 4) is 0 Å². The van der Waals surface area contributed by atoms with E-state index in [-0.39, 0.29) is 5.91 Å². The lowest BCUT2D eigenvalue weighted by Gasteiger charge is -2.26. The first-order valence-electron chi connectivity index (χ1n) is 9.16. The molecule has 1 aliphatic rings. The number of para-hydroxylation sites is 1. The van der Waals surface area contributed by atoms with Crippen LogP contribution in [0.3, 0.4) is 0 Å². The maximum absolute atomic E-state index is 12.9. The molecule has 4 heteroatoms. The number of nitrogens with zero attached hydrogens (tertiary/aromatic N) is 2. The molecule has 0 atom stereocenters. The van der Waals surface area contributed by atoms with Gasteiger partial charge in [-0.2, -0.15) is 0 Å². The van der Waals surface area contributed by atoms with Gasteiger partial charge in [-0.3, -0.25) is 4.79 Å². The van der Waals surface area contributed by atoms with Gasteiger partial charge >= 0.3 is 0 Å². The van der Waals surface area contributed by atoms with Gasteiger partial charge in [0, 0.05) is 52.9 Å². The van der Waals surface area contributed by atoms with Gasteiger partial charge in [0.15, 0.2) is 0 Å². The molecule has 25 heavy (non-hydrogen) atoms. The summed E-state index contributed by atoms with van der Waals surface area (Å²) in [7, 11) is 0. The Morgan fingerprint density at radius 1 is 0.960 bits per heavy atom. The third-order valence-corrected chi connectivity index (χ3v) is 5.45. The van der Waals surface area contributed by atoms with Gasteiger partial charge in [0.2, 0.25) is 0 Å². The Labute approximate surface area is 153 Å². The van der Waals surface area contributed by atoms with E-state index in [1.807, 2.05) is 11.0 Å². The van der Waals surface area contributed by atoms with Crippen LogP contribution in [0, 0.1) is 0 Å². The molecule has 0 unspecified atom stereocenters. The Hall–Kier alpha value is -2.00. The molecule has 3 aromatic rings. The van der Waals surface area contributed by atoms with Crippen LogP contribution < -0.4 is 0 Å². The van der Waals surface area contributed by atoms with Crippen LogP contribution in [0.5, 0.6) is 0 Å². The van der Waals surface area contributed by atoms with Crippen molar-refractivity contribution in [1.29, 1.82) is 0 Å². The lowest BCUT2D eigenvalue weighted by atomic mass is 10.1. The zero-order chi connectivity index (χ0) is 17.2. The van der Waals surface area contributed by atoms with Crippen molar-refractivity contribution in [1.82, 2.24) is 9.47 Å². The van der Waals surface area contributed by atoms with Crippen LogP contribution in [0.4, 0.5) is 0 Å². The van der Waals surface area contributed by atoms with Crippen LogP contribution in [0.25, 0.3) is 21.8 Å². The normalized spacial score (nSPS) is 15.2. The van der Waals surface area contributed by atoms with Gasteiger partial charge in [0.05, 0.1) is 0 Å². The second-order valence-corrected chi connectivity index (χ2v) is 7.17. The average Bonchev–Trinajstić information content (AvgIpc) is 2.99.